The van der Waals surface area contributed by atoms with Crippen LogP contribution in [-0.2, 0) is 0 Å². The Kier molecular flexibility index (Phi) is 9.85. The van der Waals surface area contributed by atoms with Crippen LogP contribution in [0, 0.1) is 5.92 Å². The van der Waals surface area contributed by atoms with Gasteiger partial charge >= 0.3 is 0 Å². The monoisotopic (exact) mass is 500 g/mol. The number of hydrogen-bond donors (Lipinski definition) is 1. The van der Waals surface area contributed by atoms with E-state index in [2.05, 4.69) is 53.2 Å². The van der Waals surface area contributed by atoms with E-state index in [-0.39, 0.29) is 24.0 Å². The van der Waals surface area contributed by atoms with E-state index in [0.717, 1.165) is 44.4 Å². The summed E-state index contributed by atoms with van der Waals surface area (Å²) in [5, 5.41) is 3.52. The third kappa shape index (κ3) is 6.24. The summed E-state index contributed by atoms with van der Waals surface area (Å²) in [5.74, 6) is 3.30. The molecule has 0 bridgehead atoms. The highest BCUT2D eigenvalue weighted by atomic mass is 127. The number of benzene rings is 1. The lowest BCUT2D eigenvalue weighted by molar-refractivity contribution is 0.186. The molecule has 0 spiro atoms. The average Bonchev–Trinajstić information content (AvgIpc) is 3.21. The first-order valence-corrected chi connectivity index (χ1v) is 10.6. The van der Waals surface area contributed by atoms with Gasteiger partial charge in [-0.15, -0.1) is 24.0 Å². The summed E-state index contributed by atoms with van der Waals surface area (Å²) >= 11 is 0. The third-order valence-corrected chi connectivity index (χ3v) is 5.96. The van der Waals surface area contributed by atoms with Crippen molar-refractivity contribution in [1.82, 2.24) is 15.1 Å². The van der Waals surface area contributed by atoms with Gasteiger partial charge in [-0.1, -0.05) is 19.1 Å². The van der Waals surface area contributed by atoms with Gasteiger partial charge < -0.3 is 19.9 Å². The Morgan fingerprint density at radius 1 is 1.14 bits per heavy atom. The Morgan fingerprint density at radius 3 is 2.61 bits per heavy atom. The predicted octanol–water partition coefficient (Wildman–Crippen LogP) is 3.80. The van der Waals surface area contributed by atoms with Gasteiger partial charge in [0.25, 0.3) is 0 Å². The van der Waals surface area contributed by atoms with Crippen LogP contribution in [0.25, 0.3) is 0 Å². The van der Waals surface area contributed by atoms with Crippen LogP contribution in [0.1, 0.15) is 44.6 Å². The third-order valence-electron chi connectivity index (χ3n) is 5.96. The van der Waals surface area contributed by atoms with Crippen LogP contribution in [0.15, 0.2) is 29.3 Å². The van der Waals surface area contributed by atoms with Crippen molar-refractivity contribution < 1.29 is 4.74 Å². The molecule has 2 fully saturated rings. The largest absolute Gasteiger partial charge is 0.497 e. The molecule has 2 aliphatic heterocycles. The Hall–Kier alpha value is -1.02. The molecule has 5 nitrogen and oxygen atoms in total. The number of methoxy groups -OCH3 is 1. The Labute approximate surface area is 187 Å². The average molecular weight is 500 g/mol. The molecule has 0 amide bonds. The van der Waals surface area contributed by atoms with Crippen LogP contribution < -0.4 is 10.1 Å². The van der Waals surface area contributed by atoms with E-state index in [1.165, 1.54) is 37.9 Å². The van der Waals surface area contributed by atoms with Crippen molar-refractivity contribution in [2.45, 2.75) is 39.0 Å². The van der Waals surface area contributed by atoms with Crippen molar-refractivity contribution >= 4 is 29.9 Å². The Bertz CT molecular complexity index is 607. The number of guanidine groups is 1. The van der Waals surface area contributed by atoms with Crippen molar-refractivity contribution in [1.29, 1.82) is 0 Å². The van der Waals surface area contributed by atoms with E-state index >= 15 is 0 Å². The number of aliphatic imine (C=N–C) groups is 1. The SMILES string of the molecule is CCNC(=NCC1CCCN(CC)C1)N1CCC(c2ccc(OC)cc2)C1.I. The van der Waals surface area contributed by atoms with E-state index in [1.54, 1.807) is 7.11 Å². The van der Waals surface area contributed by atoms with E-state index in [0.29, 0.717) is 11.8 Å². The van der Waals surface area contributed by atoms with Crippen LogP contribution in [0.3, 0.4) is 0 Å². The van der Waals surface area contributed by atoms with Crippen molar-refractivity contribution in [2.75, 3.05) is 52.9 Å². The molecule has 0 radical (unpaired) electrons. The lowest BCUT2D eigenvalue weighted by Gasteiger charge is -2.31. The first kappa shape index (κ1) is 23.3. The normalized spacial score (nSPS) is 23.4. The zero-order chi connectivity index (χ0) is 19.1. The van der Waals surface area contributed by atoms with E-state index in [9.17, 15) is 0 Å². The second-order valence-corrected chi connectivity index (χ2v) is 7.80. The molecule has 0 aromatic heterocycles. The second kappa shape index (κ2) is 11.9. The highest BCUT2D eigenvalue weighted by molar-refractivity contribution is 14.0. The summed E-state index contributed by atoms with van der Waals surface area (Å²) in [7, 11) is 1.72. The van der Waals surface area contributed by atoms with Gasteiger partial charge in [-0.3, -0.25) is 4.99 Å². The minimum atomic E-state index is 0. The number of piperidine rings is 1. The summed E-state index contributed by atoms with van der Waals surface area (Å²) < 4.78 is 5.29. The number of halogens is 1. The topological polar surface area (TPSA) is 40.1 Å². The summed E-state index contributed by atoms with van der Waals surface area (Å²) in [5.41, 5.74) is 1.40. The molecule has 0 saturated carbocycles. The molecule has 2 atom stereocenters. The number of nitrogens with one attached hydrogen (secondary N) is 1. The van der Waals surface area contributed by atoms with Crippen LogP contribution in [0.5, 0.6) is 5.75 Å². The number of likely N-dealkylation sites (tertiary alicyclic amines) is 2. The quantitative estimate of drug-likeness (QED) is 0.367. The lowest BCUT2D eigenvalue weighted by atomic mass is 9.98. The van der Waals surface area contributed by atoms with Crippen molar-refractivity contribution in [3.05, 3.63) is 29.8 Å². The number of rotatable bonds is 6. The molecule has 1 aromatic carbocycles. The highest BCUT2D eigenvalue weighted by Gasteiger charge is 2.26. The van der Waals surface area contributed by atoms with E-state index in [4.69, 9.17) is 9.73 Å². The van der Waals surface area contributed by atoms with Gasteiger partial charge in [-0.25, -0.2) is 0 Å². The number of nitrogens with zero attached hydrogens (tertiary/aromatic N) is 3. The van der Waals surface area contributed by atoms with Crippen molar-refractivity contribution in [2.24, 2.45) is 10.9 Å². The predicted molar refractivity (Wildman–Crippen MR) is 128 cm³/mol. The molecular formula is C22H37IN4O. The Morgan fingerprint density at radius 2 is 1.93 bits per heavy atom. The van der Waals surface area contributed by atoms with Gasteiger partial charge in [0.05, 0.1) is 7.11 Å². The fourth-order valence-electron chi connectivity index (χ4n) is 4.33. The second-order valence-electron chi connectivity index (χ2n) is 7.80. The van der Waals surface area contributed by atoms with Gasteiger partial charge in [0.2, 0.25) is 0 Å². The molecule has 28 heavy (non-hydrogen) atoms. The summed E-state index contributed by atoms with van der Waals surface area (Å²) in [6.07, 6.45) is 3.81. The zero-order valence-corrected chi connectivity index (χ0v) is 20.0. The first-order chi connectivity index (χ1) is 13.2. The molecule has 6 heteroatoms. The molecule has 158 valence electrons. The molecule has 2 heterocycles. The molecule has 0 aliphatic carbocycles. The summed E-state index contributed by atoms with van der Waals surface area (Å²) in [4.78, 5) is 10.0. The van der Waals surface area contributed by atoms with Gasteiger partial charge in [0.15, 0.2) is 5.96 Å². The van der Waals surface area contributed by atoms with Gasteiger partial charge in [-0.05, 0) is 62.9 Å². The number of ether oxygens (including phenoxy) is 1. The smallest absolute Gasteiger partial charge is 0.193 e. The standard InChI is InChI=1S/C22H36N4O.HI/c1-4-23-22(24-15-18-7-6-13-25(5-2)16-18)26-14-12-20(17-26)19-8-10-21(27-3)11-9-19;/h8-11,18,20H,4-7,12-17H2,1-3H3,(H,23,24);1H. The maximum absolute atomic E-state index is 5.29. The highest BCUT2D eigenvalue weighted by Crippen LogP contribution is 2.28. The fraction of sp³-hybridized carbons (Fsp3) is 0.682. The van der Waals surface area contributed by atoms with Crippen LogP contribution in [0.2, 0.25) is 0 Å². The molecule has 1 N–H and O–H groups in total. The molecule has 3 rings (SSSR count). The molecular weight excluding hydrogens is 463 g/mol. The van der Waals surface area contributed by atoms with Crippen LogP contribution in [-0.4, -0.2) is 68.7 Å². The van der Waals surface area contributed by atoms with Crippen molar-refractivity contribution in [3.63, 3.8) is 0 Å². The molecule has 1 aromatic rings. The van der Waals surface area contributed by atoms with Crippen LogP contribution >= 0.6 is 24.0 Å². The summed E-state index contributed by atoms with van der Waals surface area (Å²) in [6, 6.07) is 8.55. The Balaban J connectivity index is 0.00000280. The van der Waals surface area contributed by atoms with Gasteiger partial charge in [0.1, 0.15) is 5.75 Å². The van der Waals surface area contributed by atoms with Gasteiger partial charge in [0, 0.05) is 38.6 Å². The molecule has 2 unspecified atom stereocenters. The zero-order valence-electron chi connectivity index (χ0n) is 17.7. The minimum Gasteiger partial charge on any atom is -0.497 e. The maximum atomic E-state index is 5.29. The van der Waals surface area contributed by atoms with Gasteiger partial charge in [-0.2, -0.15) is 0 Å². The van der Waals surface area contributed by atoms with E-state index in [1.807, 2.05) is 0 Å². The first-order valence-electron chi connectivity index (χ1n) is 10.6. The minimum absolute atomic E-state index is 0. The summed E-state index contributed by atoms with van der Waals surface area (Å²) in [6.45, 7) is 12.0. The van der Waals surface area contributed by atoms with Crippen molar-refractivity contribution in [3.8, 4) is 5.75 Å². The maximum Gasteiger partial charge on any atom is 0.193 e. The molecule has 2 aliphatic rings. The van der Waals surface area contributed by atoms with Crippen LogP contribution in [0.4, 0.5) is 0 Å². The molecule has 2 saturated heterocycles. The number of hydrogen-bond acceptors (Lipinski definition) is 3. The lowest BCUT2D eigenvalue weighted by Crippen LogP contribution is -2.41. The van der Waals surface area contributed by atoms with E-state index < -0.39 is 0 Å². The fourth-order valence-corrected chi connectivity index (χ4v) is 4.33.